The predicted octanol–water partition coefficient (Wildman–Crippen LogP) is 1.14. The number of nitrogens with zero attached hydrogens (tertiary/aromatic N) is 1. The first-order chi connectivity index (χ1) is 13.9. The fourth-order valence-corrected chi connectivity index (χ4v) is 4.34. The standard InChI is InChI=1S/C20H21N3O6/c24-15-9-8-14(17(25)22-15)23-18(26)12-2-1-3-13(16(12)19(23)27)21-11-6-4-10(5-7-11)20(28)29/h1-3,10-11,14,21H,4-9H2,(H,28,29)(H,22,24,25)/t10-,11+,14?. The minimum absolute atomic E-state index is 0.00431. The number of benzene rings is 1. The van der Waals surface area contributed by atoms with E-state index in [4.69, 9.17) is 5.11 Å². The summed E-state index contributed by atoms with van der Waals surface area (Å²) in [5, 5.41) is 14.6. The molecule has 152 valence electrons. The number of amides is 4. The highest BCUT2D eigenvalue weighted by molar-refractivity contribution is 6.25. The Morgan fingerprint density at radius 2 is 1.76 bits per heavy atom. The van der Waals surface area contributed by atoms with Crippen LogP contribution in [0.3, 0.4) is 0 Å². The van der Waals surface area contributed by atoms with Crippen molar-refractivity contribution in [3.63, 3.8) is 0 Å². The Morgan fingerprint density at radius 1 is 1.03 bits per heavy atom. The summed E-state index contributed by atoms with van der Waals surface area (Å²) < 4.78 is 0. The van der Waals surface area contributed by atoms with E-state index in [0.29, 0.717) is 31.4 Å². The number of hydrogen-bond donors (Lipinski definition) is 3. The molecule has 1 aliphatic carbocycles. The maximum absolute atomic E-state index is 13.1. The minimum Gasteiger partial charge on any atom is -0.481 e. The van der Waals surface area contributed by atoms with Gasteiger partial charge in [0, 0.05) is 18.2 Å². The van der Waals surface area contributed by atoms with E-state index in [1.165, 1.54) is 0 Å². The van der Waals surface area contributed by atoms with Gasteiger partial charge >= 0.3 is 5.97 Å². The number of piperidine rings is 1. The summed E-state index contributed by atoms with van der Waals surface area (Å²) in [6, 6.07) is 3.93. The molecule has 1 unspecified atom stereocenters. The van der Waals surface area contributed by atoms with Gasteiger partial charge in [-0.3, -0.25) is 34.2 Å². The van der Waals surface area contributed by atoms with Gasteiger partial charge in [0.2, 0.25) is 11.8 Å². The molecule has 2 fully saturated rings. The highest BCUT2D eigenvalue weighted by Crippen LogP contribution is 2.34. The lowest BCUT2D eigenvalue weighted by Gasteiger charge is -2.29. The van der Waals surface area contributed by atoms with Gasteiger partial charge in [0.05, 0.1) is 17.0 Å². The fraction of sp³-hybridized carbons (Fsp3) is 0.450. The minimum atomic E-state index is -1.00. The van der Waals surface area contributed by atoms with Crippen molar-refractivity contribution in [2.75, 3.05) is 5.32 Å². The molecule has 29 heavy (non-hydrogen) atoms. The van der Waals surface area contributed by atoms with Crippen LogP contribution in [0, 0.1) is 5.92 Å². The van der Waals surface area contributed by atoms with Gasteiger partial charge < -0.3 is 10.4 Å². The third-order valence-electron chi connectivity index (χ3n) is 5.90. The summed E-state index contributed by atoms with van der Waals surface area (Å²) in [4.78, 5) is 61.5. The van der Waals surface area contributed by atoms with Crippen molar-refractivity contribution in [1.82, 2.24) is 10.2 Å². The number of carbonyl (C=O) groups excluding carboxylic acids is 4. The zero-order valence-electron chi connectivity index (χ0n) is 15.6. The molecule has 0 radical (unpaired) electrons. The number of carboxylic acids is 1. The first-order valence-electron chi connectivity index (χ1n) is 9.70. The zero-order chi connectivity index (χ0) is 20.7. The van der Waals surface area contributed by atoms with E-state index in [0.717, 1.165) is 4.90 Å². The lowest BCUT2D eigenvalue weighted by molar-refractivity contribution is -0.143. The third kappa shape index (κ3) is 3.37. The Bertz CT molecular complexity index is 919. The molecule has 0 aromatic heterocycles. The summed E-state index contributed by atoms with van der Waals surface area (Å²) in [6.07, 6.45) is 2.59. The average Bonchev–Trinajstić information content (AvgIpc) is 2.94. The second-order valence-electron chi connectivity index (χ2n) is 7.71. The van der Waals surface area contributed by atoms with Crippen LogP contribution in [0.2, 0.25) is 0 Å². The van der Waals surface area contributed by atoms with E-state index in [1.807, 2.05) is 0 Å². The van der Waals surface area contributed by atoms with Gasteiger partial charge in [-0.1, -0.05) is 6.07 Å². The lowest BCUT2D eigenvalue weighted by atomic mass is 9.86. The molecule has 3 N–H and O–H groups in total. The molecule has 1 atom stereocenters. The molecule has 2 aliphatic heterocycles. The van der Waals surface area contributed by atoms with Gasteiger partial charge in [0.15, 0.2) is 0 Å². The zero-order valence-corrected chi connectivity index (χ0v) is 15.6. The molecule has 3 aliphatic rings. The van der Waals surface area contributed by atoms with Crippen LogP contribution < -0.4 is 10.6 Å². The molecule has 9 heteroatoms. The van der Waals surface area contributed by atoms with E-state index >= 15 is 0 Å². The number of fused-ring (bicyclic) bond motifs is 1. The molecule has 1 saturated carbocycles. The normalized spacial score (nSPS) is 26.9. The highest BCUT2D eigenvalue weighted by Gasteiger charge is 2.45. The summed E-state index contributed by atoms with van der Waals surface area (Å²) in [5.74, 6) is -3.29. The van der Waals surface area contributed by atoms with Crippen molar-refractivity contribution in [2.45, 2.75) is 50.6 Å². The predicted molar refractivity (Wildman–Crippen MR) is 100 cm³/mol. The number of carboxylic acid groups (broad SMARTS) is 1. The monoisotopic (exact) mass is 399 g/mol. The van der Waals surface area contributed by atoms with Crippen LogP contribution in [0.5, 0.6) is 0 Å². The molecule has 4 amide bonds. The van der Waals surface area contributed by atoms with Crippen LogP contribution >= 0.6 is 0 Å². The number of rotatable bonds is 4. The molecule has 0 spiro atoms. The maximum Gasteiger partial charge on any atom is 0.306 e. The Balaban J connectivity index is 1.55. The smallest absolute Gasteiger partial charge is 0.306 e. The first-order valence-corrected chi connectivity index (χ1v) is 9.70. The van der Waals surface area contributed by atoms with Crippen molar-refractivity contribution in [3.8, 4) is 0 Å². The first kappa shape index (κ1) is 19.1. The second kappa shape index (κ2) is 7.31. The van der Waals surface area contributed by atoms with Gasteiger partial charge in [0.25, 0.3) is 11.8 Å². The van der Waals surface area contributed by atoms with Crippen LogP contribution in [0.1, 0.15) is 59.2 Å². The van der Waals surface area contributed by atoms with Gasteiger partial charge in [-0.05, 0) is 44.2 Å². The van der Waals surface area contributed by atoms with E-state index in [1.54, 1.807) is 18.2 Å². The van der Waals surface area contributed by atoms with Crippen molar-refractivity contribution in [3.05, 3.63) is 29.3 Å². The Kier molecular flexibility index (Phi) is 4.81. The van der Waals surface area contributed by atoms with Crippen LogP contribution in [-0.4, -0.2) is 51.7 Å². The number of imide groups is 2. The van der Waals surface area contributed by atoms with E-state index < -0.39 is 35.6 Å². The van der Waals surface area contributed by atoms with Crippen molar-refractivity contribution in [1.29, 1.82) is 0 Å². The number of hydrogen-bond acceptors (Lipinski definition) is 6. The number of carbonyl (C=O) groups is 5. The number of anilines is 1. The SMILES string of the molecule is O=C1CCC(N2C(=O)c3cccc(N[C@H]4CC[C@@H](C(=O)O)CC4)c3C2=O)C(=O)N1. The summed E-state index contributed by atoms with van der Waals surface area (Å²) in [6.45, 7) is 0. The molecule has 1 aromatic carbocycles. The fourth-order valence-electron chi connectivity index (χ4n) is 4.34. The lowest BCUT2D eigenvalue weighted by Crippen LogP contribution is -2.54. The average molecular weight is 399 g/mol. The molecular formula is C20H21N3O6. The van der Waals surface area contributed by atoms with Gasteiger partial charge in [0.1, 0.15) is 6.04 Å². The van der Waals surface area contributed by atoms with Crippen LogP contribution in [0.4, 0.5) is 5.69 Å². The topological polar surface area (TPSA) is 133 Å². The molecule has 0 bridgehead atoms. The third-order valence-corrected chi connectivity index (χ3v) is 5.90. The Hall–Kier alpha value is -3.23. The highest BCUT2D eigenvalue weighted by atomic mass is 16.4. The van der Waals surface area contributed by atoms with E-state index in [9.17, 15) is 24.0 Å². The van der Waals surface area contributed by atoms with Crippen LogP contribution in [0.15, 0.2) is 18.2 Å². The van der Waals surface area contributed by atoms with Gasteiger partial charge in [-0.25, -0.2) is 0 Å². The Labute approximate surface area is 166 Å². The summed E-state index contributed by atoms with van der Waals surface area (Å²) in [5.41, 5.74) is 0.959. The second-order valence-corrected chi connectivity index (χ2v) is 7.71. The maximum atomic E-state index is 13.1. The van der Waals surface area contributed by atoms with Gasteiger partial charge in [-0.2, -0.15) is 0 Å². The van der Waals surface area contributed by atoms with E-state index in [2.05, 4.69) is 10.6 Å². The number of nitrogens with one attached hydrogen (secondary N) is 2. The Morgan fingerprint density at radius 3 is 2.41 bits per heavy atom. The van der Waals surface area contributed by atoms with Crippen molar-refractivity contribution >= 4 is 35.3 Å². The van der Waals surface area contributed by atoms with Crippen LogP contribution in [0.25, 0.3) is 0 Å². The van der Waals surface area contributed by atoms with Crippen LogP contribution in [-0.2, 0) is 14.4 Å². The molecule has 1 aromatic rings. The number of aliphatic carboxylic acids is 1. The quantitative estimate of drug-likeness (QED) is 0.647. The summed E-state index contributed by atoms with van der Waals surface area (Å²) >= 11 is 0. The molecule has 9 nitrogen and oxygen atoms in total. The van der Waals surface area contributed by atoms with Gasteiger partial charge in [-0.15, -0.1) is 0 Å². The summed E-state index contributed by atoms with van der Waals surface area (Å²) in [7, 11) is 0. The molecule has 2 heterocycles. The largest absolute Gasteiger partial charge is 0.481 e. The van der Waals surface area contributed by atoms with Crippen molar-refractivity contribution in [2.24, 2.45) is 5.92 Å². The molecule has 1 saturated heterocycles. The van der Waals surface area contributed by atoms with Crippen molar-refractivity contribution < 1.29 is 29.1 Å². The van der Waals surface area contributed by atoms with E-state index in [-0.39, 0.29) is 35.9 Å². The molecular weight excluding hydrogens is 378 g/mol. The molecule has 4 rings (SSSR count).